The van der Waals surface area contributed by atoms with Crippen molar-refractivity contribution in [3.05, 3.63) is 36.4 Å². The number of nitrogens with one attached hydrogen (secondary N) is 1. The number of amides is 2. The van der Waals surface area contributed by atoms with Crippen LogP contribution in [0.3, 0.4) is 0 Å². The smallest absolute Gasteiger partial charge is 0.310 e. The van der Waals surface area contributed by atoms with Crippen LogP contribution in [0.15, 0.2) is 36.4 Å². The lowest BCUT2D eigenvalue weighted by Crippen LogP contribution is -2.52. The number of methoxy groups -OCH3 is 1. The fourth-order valence-electron chi connectivity index (χ4n) is 5.46. The molecule has 0 saturated carbocycles. The van der Waals surface area contributed by atoms with E-state index in [0.717, 1.165) is 6.42 Å². The topological polar surface area (TPSA) is 105 Å². The van der Waals surface area contributed by atoms with Crippen LogP contribution in [0.1, 0.15) is 40.5 Å². The largest absolute Gasteiger partial charge is 0.497 e. The molecular weight excluding hydrogens is 448 g/mol. The third kappa shape index (κ3) is 5.22. The molecule has 8 heteroatoms. The van der Waals surface area contributed by atoms with Gasteiger partial charge in [-0.1, -0.05) is 39.3 Å². The average molecular weight is 487 g/mol. The number of fused-ring (bicyclic) bond motifs is 1. The minimum absolute atomic E-state index is 0.0348. The van der Waals surface area contributed by atoms with E-state index in [1.165, 1.54) is 4.90 Å². The van der Waals surface area contributed by atoms with Gasteiger partial charge in [-0.25, -0.2) is 0 Å². The number of aliphatic hydroxyl groups excluding tert-OH is 1. The van der Waals surface area contributed by atoms with Crippen LogP contribution in [0.2, 0.25) is 0 Å². The Bertz CT molecular complexity index is 930. The minimum atomic E-state index is -0.855. The molecule has 0 radical (unpaired) electrons. The summed E-state index contributed by atoms with van der Waals surface area (Å²) >= 11 is 0. The van der Waals surface area contributed by atoms with Gasteiger partial charge in [0.2, 0.25) is 11.8 Å². The van der Waals surface area contributed by atoms with Gasteiger partial charge in [0, 0.05) is 11.6 Å². The molecule has 1 saturated heterocycles. The predicted octanol–water partition coefficient (Wildman–Crippen LogP) is 3.26. The molecule has 2 amide bonds. The van der Waals surface area contributed by atoms with Crippen LogP contribution >= 0.6 is 0 Å². The van der Waals surface area contributed by atoms with Crippen molar-refractivity contribution in [1.29, 1.82) is 0 Å². The van der Waals surface area contributed by atoms with Gasteiger partial charge in [0.05, 0.1) is 38.2 Å². The quantitative estimate of drug-likeness (QED) is 0.389. The fraction of sp³-hybridized carbons (Fsp3) is 0.593. The molecule has 0 unspecified atom stereocenters. The van der Waals surface area contributed by atoms with Crippen molar-refractivity contribution in [3.8, 4) is 5.75 Å². The normalized spacial score (nSPS) is 27.2. The molecule has 1 fully saturated rings. The number of ether oxygens (including phenoxy) is 2. The monoisotopic (exact) mass is 486 g/mol. The molecule has 0 spiro atoms. The first kappa shape index (κ1) is 26.7. The summed E-state index contributed by atoms with van der Waals surface area (Å²) in [5.74, 6) is -2.44. The summed E-state index contributed by atoms with van der Waals surface area (Å²) in [7, 11) is 1.57. The van der Waals surface area contributed by atoms with E-state index in [1.54, 1.807) is 38.3 Å². The second-order valence-corrected chi connectivity index (χ2v) is 9.38. The summed E-state index contributed by atoms with van der Waals surface area (Å²) in [5, 5.41) is 13.2. The van der Waals surface area contributed by atoms with Crippen LogP contribution in [-0.4, -0.2) is 60.2 Å². The summed E-state index contributed by atoms with van der Waals surface area (Å²) in [4.78, 5) is 42.2. The Balaban J connectivity index is 2.04. The van der Waals surface area contributed by atoms with Crippen LogP contribution in [0.4, 0.5) is 5.69 Å². The standard InChI is InChI=1S/C27H38N2O6/c1-6-16(4)21(15-30)29-24(25(31)28-18-10-12-19(34-5)13-11-18)20-14-9-17(7-2)22(23(20)26(29)32)27(33)35-8-3/h9-14,16-17,20-24,30H,6-8,15H2,1-5H3,(H,28,31)/t16-,17+,20-,21-,22+,23+,24-/m0/s1. The number of aliphatic hydroxyl groups is 1. The van der Waals surface area contributed by atoms with Crippen LogP contribution in [-0.2, 0) is 19.1 Å². The second kappa shape index (κ2) is 11.7. The van der Waals surface area contributed by atoms with E-state index < -0.39 is 35.8 Å². The van der Waals surface area contributed by atoms with Crippen LogP contribution < -0.4 is 10.1 Å². The predicted molar refractivity (Wildman–Crippen MR) is 133 cm³/mol. The third-order valence-corrected chi connectivity index (χ3v) is 7.55. The number of nitrogens with zero attached hydrogens (tertiary/aromatic N) is 1. The van der Waals surface area contributed by atoms with Gasteiger partial charge in [-0.3, -0.25) is 14.4 Å². The summed E-state index contributed by atoms with van der Waals surface area (Å²) in [5.41, 5.74) is 0.573. The van der Waals surface area contributed by atoms with E-state index in [9.17, 15) is 19.5 Å². The van der Waals surface area contributed by atoms with Gasteiger partial charge >= 0.3 is 5.97 Å². The van der Waals surface area contributed by atoms with Crippen molar-refractivity contribution >= 4 is 23.5 Å². The maximum Gasteiger partial charge on any atom is 0.310 e. The highest BCUT2D eigenvalue weighted by Gasteiger charge is 2.59. The lowest BCUT2D eigenvalue weighted by atomic mass is 9.69. The zero-order valence-corrected chi connectivity index (χ0v) is 21.3. The van der Waals surface area contributed by atoms with E-state index in [4.69, 9.17) is 9.47 Å². The molecule has 8 nitrogen and oxygen atoms in total. The van der Waals surface area contributed by atoms with Crippen LogP contribution in [0.25, 0.3) is 0 Å². The molecule has 0 bridgehead atoms. The van der Waals surface area contributed by atoms with Crippen LogP contribution in [0, 0.1) is 29.6 Å². The van der Waals surface area contributed by atoms with Gasteiger partial charge in [0.1, 0.15) is 11.8 Å². The van der Waals surface area contributed by atoms with Crippen molar-refractivity contribution in [1.82, 2.24) is 4.90 Å². The van der Waals surface area contributed by atoms with Gasteiger partial charge in [-0.2, -0.15) is 0 Å². The van der Waals surface area contributed by atoms with Crippen molar-refractivity contribution in [2.24, 2.45) is 29.6 Å². The summed E-state index contributed by atoms with van der Waals surface area (Å²) < 4.78 is 10.6. The summed E-state index contributed by atoms with van der Waals surface area (Å²) in [6.07, 6.45) is 5.26. The van der Waals surface area contributed by atoms with Gasteiger partial charge in [-0.15, -0.1) is 0 Å². The number of benzene rings is 1. The lowest BCUT2D eigenvalue weighted by Gasteiger charge is -2.36. The number of hydrogen-bond donors (Lipinski definition) is 2. The zero-order chi connectivity index (χ0) is 25.7. The Morgan fingerprint density at radius 1 is 1.14 bits per heavy atom. The number of anilines is 1. The molecule has 2 aliphatic rings. The number of allylic oxidation sites excluding steroid dienone is 1. The number of rotatable bonds is 10. The molecule has 0 aromatic heterocycles. The first-order valence-electron chi connectivity index (χ1n) is 12.6. The zero-order valence-electron chi connectivity index (χ0n) is 21.3. The average Bonchev–Trinajstić information content (AvgIpc) is 3.16. The second-order valence-electron chi connectivity index (χ2n) is 9.38. The Kier molecular flexibility index (Phi) is 8.94. The molecule has 2 N–H and O–H groups in total. The molecule has 192 valence electrons. The molecule has 1 aliphatic carbocycles. The Morgan fingerprint density at radius 3 is 2.37 bits per heavy atom. The van der Waals surface area contributed by atoms with E-state index in [1.807, 2.05) is 32.9 Å². The number of esters is 1. The minimum Gasteiger partial charge on any atom is -0.497 e. The van der Waals surface area contributed by atoms with Crippen LogP contribution in [0.5, 0.6) is 5.75 Å². The van der Waals surface area contributed by atoms with Gasteiger partial charge in [0.15, 0.2) is 0 Å². The van der Waals surface area contributed by atoms with Crippen molar-refractivity contribution in [3.63, 3.8) is 0 Å². The van der Waals surface area contributed by atoms with E-state index in [0.29, 0.717) is 17.9 Å². The molecule has 1 aromatic carbocycles. The van der Waals surface area contributed by atoms with E-state index in [-0.39, 0.29) is 36.9 Å². The third-order valence-electron chi connectivity index (χ3n) is 7.55. The number of carbonyl (C=O) groups is 3. The van der Waals surface area contributed by atoms with Crippen molar-refractivity contribution in [2.45, 2.75) is 52.6 Å². The maximum atomic E-state index is 14.0. The van der Waals surface area contributed by atoms with Gasteiger partial charge in [0.25, 0.3) is 0 Å². The van der Waals surface area contributed by atoms with E-state index in [2.05, 4.69) is 5.32 Å². The molecule has 7 atom stereocenters. The van der Waals surface area contributed by atoms with E-state index >= 15 is 0 Å². The number of hydrogen-bond acceptors (Lipinski definition) is 6. The molecular formula is C27H38N2O6. The van der Waals surface area contributed by atoms with Crippen molar-refractivity contribution < 1.29 is 29.0 Å². The van der Waals surface area contributed by atoms with Crippen molar-refractivity contribution in [2.75, 3.05) is 25.6 Å². The Labute approximate surface area is 207 Å². The molecule has 1 heterocycles. The highest BCUT2D eigenvalue weighted by atomic mass is 16.5. The summed E-state index contributed by atoms with van der Waals surface area (Å²) in [6, 6.07) is 5.56. The number of likely N-dealkylation sites (tertiary alicyclic amines) is 1. The Hall–Kier alpha value is -2.87. The highest BCUT2D eigenvalue weighted by Crippen LogP contribution is 2.46. The Morgan fingerprint density at radius 2 is 1.83 bits per heavy atom. The van der Waals surface area contributed by atoms with Gasteiger partial charge < -0.3 is 24.8 Å². The van der Waals surface area contributed by atoms with Gasteiger partial charge in [-0.05, 0) is 49.4 Å². The lowest BCUT2D eigenvalue weighted by molar-refractivity contribution is -0.156. The SMILES string of the molecule is CCOC(=O)[C@H]1[C@@H]2C(=O)N([C@@H](CO)[C@@H](C)CC)[C@H](C(=O)Nc3ccc(OC)cc3)[C@H]2C=C[C@H]1CC. The molecule has 3 rings (SSSR count). The molecule has 1 aliphatic heterocycles. The first-order chi connectivity index (χ1) is 16.8. The maximum absolute atomic E-state index is 14.0. The molecule has 35 heavy (non-hydrogen) atoms. The first-order valence-corrected chi connectivity index (χ1v) is 12.6. The fourth-order valence-corrected chi connectivity index (χ4v) is 5.46. The molecule has 1 aromatic rings. The highest BCUT2D eigenvalue weighted by molar-refractivity contribution is 6.01. The summed E-state index contributed by atoms with van der Waals surface area (Å²) in [6.45, 7) is 7.62. The number of carbonyl (C=O) groups excluding carboxylic acids is 3.